The molecule has 2 N–H and O–H groups in total. The SMILES string of the molecule is CCCCN(CCCC)C(=O)c1cc(C)n(-c2ccc(-c3c(-c4ccccc4)noc3C)cc2C(=O)N2Cc3ccccc3C[C@H]2CO)n1.CCCCN(CCCC)C(=O)c1cc(C)n(-c2ccc(-c3ccc(N(C)C)cc3)cc2C(=O)N2Cc3ccccc3C[C@H]2CO)n1. The molecule has 6 aromatic carbocycles. The number of aliphatic hydroxyl groups is 2. The number of aromatic nitrogens is 5. The fourth-order valence-electron chi connectivity index (χ4n) is 12.9. The number of anilines is 1. The Morgan fingerprint density at radius 1 is 0.495 bits per heavy atom. The molecule has 95 heavy (non-hydrogen) atoms. The molecule has 0 fully saturated rings. The number of amides is 4. The van der Waals surface area contributed by atoms with Crippen LogP contribution in [0.4, 0.5) is 5.69 Å². The molecule has 0 aliphatic carbocycles. The summed E-state index contributed by atoms with van der Waals surface area (Å²) in [6.07, 6.45) is 8.88. The first-order valence-electron chi connectivity index (χ1n) is 33.9. The molecule has 11 rings (SSSR count). The number of nitrogens with zero attached hydrogens (tertiary/aromatic N) is 10. The molecule has 0 spiro atoms. The van der Waals surface area contributed by atoms with E-state index in [0.717, 1.165) is 119 Å². The van der Waals surface area contributed by atoms with E-state index in [1.807, 2.05) is 154 Å². The van der Waals surface area contributed by atoms with Gasteiger partial charge in [0.05, 0.1) is 53.4 Å². The second-order valence-corrected chi connectivity index (χ2v) is 25.4. The van der Waals surface area contributed by atoms with E-state index in [2.05, 4.69) is 74.1 Å². The molecule has 0 unspecified atom stereocenters. The summed E-state index contributed by atoms with van der Waals surface area (Å²) in [5.41, 5.74) is 14.9. The highest BCUT2D eigenvalue weighted by Gasteiger charge is 2.35. The van der Waals surface area contributed by atoms with Crippen LogP contribution in [0.3, 0.4) is 0 Å². The Balaban J connectivity index is 0.000000207. The number of aryl methyl sites for hydroxylation is 3. The summed E-state index contributed by atoms with van der Waals surface area (Å²) >= 11 is 0. The third-order valence-electron chi connectivity index (χ3n) is 18.4. The molecule has 4 amide bonds. The van der Waals surface area contributed by atoms with Gasteiger partial charge in [-0.25, -0.2) is 9.36 Å². The fraction of sp³-hybridized carbons (Fsp3) is 0.372. The van der Waals surface area contributed by atoms with Gasteiger partial charge in [0.2, 0.25) is 0 Å². The van der Waals surface area contributed by atoms with Gasteiger partial charge in [-0.3, -0.25) is 19.2 Å². The van der Waals surface area contributed by atoms with Gasteiger partial charge in [0, 0.05) is 76.0 Å². The van der Waals surface area contributed by atoms with Gasteiger partial charge in [-0.05, 0) is 147 Å². The molecule has 2 aliphatic heterocycles. The number of carbonyl (C=O) groups is 4. The Bertz CT molecular complexity index is 4100. The second kappa shape index (κ2) is 31.7. The minimum absolute atomic E-state index is 0.0813. The van der Waals surface area contributed by atoms with Crippen molar-refractivity contribution in [3.05, 3.63) is 214 Å². The standard InChI is InChI=1S/C40H45N5O4.C38H47N5O3/c1-5-7-20-43(21-8-6-2)40(48)35-22-27(3)45(41-35)36-19-18-31(37-28(4)49-42-38(37)29-14-10-9-11-15-29)24-34(36)39(47)44-25-32-17-13-12-16-30(32)23-33(44)26-46;1-6-8-20-41(21-9-7-2)38(46)35-22-27(3)43(39-35)36-19-16-30(28-14-17-32(18-15-28)40(4)5)24-34(36)37(45)42-25-31-13-11-10-12-29(31)23-33(42)26-44/h9-19,22,24,33,46H,5-8,20-21,23,25-26H2,1-4H3;10-19,22,24,33,44H,6-9,20-21,23,25-26H2,1-5H3/t2*33-/m00/s1. The van der Waals surface area contributed by atoms with Crippen molar-refractivity contribution in [3.8, 4) is 44.9 Å². The summed E-state index contributed by atoms with van der Waals surface area (Å²) in [5, 5.41) is 34.9. The Morgan fingerprint density at radius 3 is 1.34 bits per heavy atom. The number of benzene rings is 6. The molecule has 0 radical (unpaired) electrons. The van der Waals surface area contributed by atoms with Gasteiger partial charge < -0.3 is 39.2 Å². The van der Waals surface area contributed by atoms with Crippen LogP contribution in [0.15, 0.2) is 156 Å². The van der Waals surface area contributed by atoms with E-state index in [1.54, 1.807) is 25.2 Å². The van der Waals surface area contributed by atoms with Gasteiger partial charge in [0.25, 0.3) is 23.6 Å². The molecule has 0 saturated carbocycles. The number of fused-ring (bicyclic) bond motifs is 2. The monoisotopic (exact) mass is 1280 g/mol. The van der Waals surface area contributed by atoms with Gasteiger partial charge in [0.1, 0.15) is 11.5 Å². The molecule has 2 aliphatic rings. The number of hydrogen-bond acceptors (Lipinski definition) is 11. The van der Waals surface area contributed by atoms with Crippen molar-refractivity contribution in [1.29, 1.82) is 0 Å². The molecular formula is C78H92N10O7. The zero-order valence-corrected chi connectivity index (χ0v) is 56.7. The quantitative estimate of drug-likeness (QED) is 0.0586. The number of carbonyl (C=O) groups excluding carboxylic acids is 4. The van der Waals surface area contributed by atoms with Crippen LogP contribution in [0.25, 0.3) is 44.9 Å². The van der Waals surface area contributed by atoms with Crippen molar-refractivity contribution in [3.63, 3.8) is 0 Å². The van der Waals surface area contributed by atoms with Crippen molar-refractivity contribution in [2.45, 2.75) is 138 Å². The third kappa shape index (κ3) is 15.4. The zero-order chi connectivity index (χ0) is 67.3. The first-order valence-corrected chi connectivity index (χ1v) is 33.9. The highest BCUT2D eigenvalue weighted by atomic mass is 16.5. The topological polar surface area (TPSA) is 187 Å². The van der Waals surface area contributed by atoms with E-state index in [1.165, 1.54) is 0 Å². The maximum Gasteiger partial charge on any atom is 0.274 e. The van der Waals surface area contributed by atoms with Crippen molar-refractivity contribution in [2.24, 2.45) is 0 Å². The first-order chi connectivity index (χ1) is 46.1. The molecule has 496 valence electrons. The van der Waals surface area contributed by atoms with Crippen LogP contribution in [0.1, 0.15) is 160 Å². The molecular weight excluding hydrogens is 1190 g/mol. The van der Waals surface area contributed by atoms with Crippen molar-refractivity contribution < 1.29 is 33.9 Å². The van der Waals surface area contributed by atoms with Crippen LogP contribution in [-0.2, 0) is 25.9 Å². The second-order valence-electron chi connectivity index (χ2n) is 25.4. The summed E-state index contributed by atoms with van der Waals surface area (Å²) in [6.45, 7) is 17.4. The fourth-order valence-corrected chi connectivity index (χ4v) is 12.9. The van der Waals surface area contributed by atoms with Gasteiger partial charge >= 0.3 is 0 Å². The lowest BCUT2D eigenvalue weighted by Crippen LogP contribution is -2.46. The van der Waals surface area contributed by atoms with Crippen LogP contribution in [-0.4, -0.2) is 144 Å². The molecule has 17 heteroatoms. The van der Waals surface area contributed by atoms with E-state index in [9.17, 15) is 29.4 Å². The number of rotatable bonds is 24. The lowest BCUT2D eigenvalue weighted by Gasteiger charge is -2.36. The summed E-state index contributed by atoms with van der Waals surface area (Å²) in [5.74, 6) is 0.0465. The van der Waals surface area contributed by atoms with Crippen LogP contribution >= 0.6 is 0 Å². The highest BCUT2D eigenvalue weighted by Crippen LogP contribution is 2.38. The lowest BCUT2D eigenvalue weighted by molar-refractivity contribution is 0.0539. The Morgan fingerprint density at radius 2 is 0.905 bits per heavy atom. The summed E-state index contributed by atoms with van der Waals surface area (Å²) in [4.78, 5) is 66.2. The number of unbranched alkanes of at least 4 members (excludes halogenated alkanes) is 4. The average Bonchev–Trinajstić information content (AvgIpc) is 1.77. The average molecular weight is 1280 g/mol. The van der Waals surface area contributed by atoms with Crippen LogP contribution in [0.2, 0.25) is 0 Å². The maximum atomic E-state index is 14.8. The molecule has 9 aromatic rings. The Kier molecular flexibility index (Phi) is 22.8. The predicted molar refractivity (Wildman–Crippen MR) is 375 cm³/mol. The number of aliphatic hydroxyl groups excluding tert-OH is 2. The number of hydrogen-bond donors (Lipinski definition) is 2. The molecule has 2 atom stereocenters. The van der Waals surface area contributed by atoms with Gasteiger partial charge in [-0.15, -0.1) is 0 Å². The zero-order valence-electron chi connectivity index (χ0n) is 56.7. The van der Waals surface area contributed by atoms with Crippen molar-refractivity contribution in [2.75, 3.05) is 58.4 Å². The van der Waals surface area contributed by atoms with Crippen molar-refractivity contribution >= 4 is 29.3 Å². The summed E-state index contributed by atoms with van der Waals surface area (Å²) in [7, 11) is 4.01. The maximum absolute atomic E-state index is 14.8. The highest BCUT2D eigenvalue weighted by molar-refractivity contribution is 6.01. The molecule has 17 nitrogen and oxygen atoms in total. The van der Waals surface area contributed by atoms with Crippen LogP contribution in [0.5, 0.6) is 0 Å². The van der Waals surface area contributed by atoms with E-state index < -0.39 is 6.04 Å². The van der Waals surface area contributed by atoms with Crippen LogP contribution in [0, 0.1) is 20.8 Å². The van der Waals surface area contributed by atoms with E-state index >= 15 is 0 Å². The van der Waals surface area contributed by atoms with E-state index in [0.29, 0.717) is 97.5 Å². The minimum atomic E-state index is -0.391. The first kappa shape index (κ1) is 68.4. The summed E-state index contributed by atoms with van der Waals surface area (Å²) < 4.78 is 9.12. The van der Waals surface area contributed by atoms with Gasteiger partial charge in [-0.2, -0.15) is 10.2 Å². The molecule has 5 heterocycles. The molecule has 3 aromatic heterocycles. The summed E-state index contributed by atoms with van der Waals surface area (Å²) in [6, 6.07) is 48.7. The van der Waals surface area contributed by atoms with Crippen molar-refractivity contribution in [1.82, 2.24) is 44.3 Å². The predicted octanol–water partition coefficient (Wildman–Crippen LogP) is 13.9. The normalized spacial score (nSPS) is 14.2. The smallest absolute Gasteiger partial charge is 0.274 e. The van der Waals surface area contributed by atoms with Gasteiger partial charge in [0.15, 0.2) is 11.4 Å². The van der Waals surface area contributed by atoms with Crippen LogP contribution < -0.4 is 4.90 Å². The van der Waals surface area contributed by atoms with E-state index in [4.69, 9.17) is 14.7 Å². The van der Waals surface area contributed by atoms with Gasteiger partial charge in [-0.1, -0.05) is 162 Å². The lowest BCUT2D eigenvalue weighted by atomic mass is 9.92. The van der Waals surface area contributed by atoms with E-state index in [-0.39, 0.29) is 42.9 Å². The molecule has 0 bridgehead atoms. The minimum Gasteiger partial charge on any atom is -0.394 e. The Labute approximate surface area is 559 Å². The Hall–Kier alpha value is -9.45. The molecule has 0 saturated heterocycles. The largest absolute Gasteiger partial charge is 0.394 e. The third-order valence-corrected chi connectivity index (χ3v) is 18.4.